The molecule has 0 fully saturated rings. The van der Waals surface area contributed by atoms with Gasteiger partial charge in [-0.3, -0.25) is 4.79 Å². The van der Waals surface area contributed by atoms with Crippen molar-refractivity contribution in [3.05, 3.63) is 54.1 Å². The molecule has 2 atom stereocenters. The highest BCUT2D eigenvalue weighted by Gasteiger charge is 2.21. The molecule has 0 aliphatic rings. The number of nitrogens with two attached hydrogens (primary N) is 1. The molecule has 172 valence electrons. The number of aromatic nitrogens is 2. The molecule has 1 heterocycles. The summed E-state index contributed by atoms with van der Waals surface area (Å²) in [5, 5.41) is 8.69. The minimum atomic E-state index is -3.81. The van der Waals surface area contributed by atoms with Gasteiger partial charge in [0.15, 0.2) is 5.16 Å². The Morgan fingerprint density at radius 2 is 1.91 bits per heavy atom. The molecule has 32 heavy (non-hydrogen) atoms. The molecule has 0 aliphatic carbocycles. The number of amides is 1. The van der Waals surface area contributed by atoms with Gasteiger partial charge in [-0.15, -0.1) is 0 Å². The Labute approximate surface area is 193 Å². The van der Waals surface area contributed by atoms with Crippen molar-refractivity contribution < 1.29 is 13.2 Å². The first kappa shape index (κ1) is 24.3. The van der Waals surface area contributed by atoms with Crippen LogP contribution < -0.4 is 10.5 Å². The molecule has 0 spiro atoms. The highest BCUT2D eigenvalue weighted by atomic mass is 32.2. The van der Waals surface area contributed by atoms with Crippen molar-refractivity contribution in [2.45, 2.75) is 67.9 Å². The smallest absolute Gasteiger partial charge is 0.238 e. The van der Waals surface area contributed by atoms with Gasteiger partial charge in [0.2, 0.25) is 15.9 Å². The average Bonchev–Trinajstić information content (AvgIpc) is 3.09. The molecule has 9 heteroatoms. The second kappa shape index (κ2) is 10.5. The number of benzene rings is 2. The topological polar surface area (TPSA) is 107 Å². The average molecular weight is 475 g/mol. The van der Waals surface area contributed by atoms with Crippen molar-refractivity contribution in [3.8, 4) is 0 Å². The monoisotopic (exact) mass is 474 g/mol. The van der Waals surface area contributed by atoms with Gasteiger partial charge in [0.1, 0.15) is 0 Å². The van der Waals surface area contributed by atoms with Crippen LogP contribution >= 0.6 is 11.8 Å². The number of hydrogen-bond acceptors (Lipinski definition) is 5. The molecule has 0 bridgehead atoms. The molecule has 1 aromatic heterocycles. The number of rotatable bonds is 10. The number of nitrogens with one attached hydrogen (secondary N) is 1. The van der Waals surface area contributed by atoms with Crippen LogP contribution in [0, 0.1) is 0 Å². The zero-order chi connectivity index (χ0) is 23.3. The van der Waals surface area contributed by atoms with Crippen LogP contribution in [-0.2, 0) is 27.8 Å². The molecule has 0 radical (unpaired) electrons. The van der Waals surface area contributed by atoms with E-state index in [0.717, 1.165) is 31.3 Å². The molecule has 0 aliphatic heterocycles. The normalized spacial score (nSPS) is 13.8. The summed E-state index contributed by atoms with van der Waals surface area (Å²) in [7, 11) is -3.81. The van der Waals surface area contributed by atoms with Crippen LogP contribution in [0.3, 0.4) is 0 Å². The molecule has 1 amide bonds. The first-order valence-corrected chi connectivity index (χ1v) is 13.2. The number of aryl methyl sites for hydroxylation is 2. The Morgan fingerprint density at radius 1 is 1.19 bits per heavy atom. The molecular formula is C23H30N4O3S2. The molecule has 3 N–H and O–H groups in total. The van der Waals surface area contributed by atoms with E-state index in [9.17, 15) is 13.2 Å². The van der Waals surface area contributed by atoms with Gasteiger partial charge >= 0.3 is 0 Å². The lowest BCUT2D eigenvalue weighted by Gasteiger charge is -2.17. The maximum atomic E-state index is 12.8. The van der Waals surface area contributed by atoms with Crippen molar-refractivity contribution in [3.63, 3.8) is 0 Å². The number of primary sulfonamides is 1. The Bertz CT molecular complexity index is 1180. The summed E-state index contributed by atoms with van der Waals surface area (Å²) < 4.78 is 25.4. The summed E-state index contributed by atoms with van der Waals surface area (Å²) in [4.78, 5) is 17.4. The summed E-state index contributed by atoms with van der Waals surface area (Å²) in [6.07, 6.45) is 2.65. The summed E-state index contributed by atoms with van der Waals surface area (Å²) in [6.45, 7) is 6.65. The number of thioether (sulfide) groups is 1. The van der Waals surface area contributed by atoms with E-state index in [1.165, 1.54) is 29.5 Å². The zero-order valence-corrected chi connectivity index (χ0v) is 20.2. The van der Waals surface area contributed by atoms with Gasteiger partial charge in [-0.1, -0.05) is 49.0 Å². The third kappa shape index (κ3) is 6.11. The Kier molecular flexibility index (Phi) is 7.97. The van der Waals surface area contributed by atoms with Crippen molar-refractivity contribution in [1.29, 1.82) is 0 Å². The highest BCUT2D eigenvalue weighted by molar-refractivity contribution is 8.00. The largest absolute Gasteiger partial charge is 0.353 e. The zero-order valence-electron chi connectivity index (χ0n) is 18.6. The molecule has 0 saturated heterocycles. The number of sulfonamides is 1. The van der Waals surface area contributed by atoms with Crippen LogP contribution in [0.25, 0.3) is 11.0 Å². The van der Waals surface area contributed by atoms with Crippen LogP contribution in [0.15, 0.2) is 58.6 Å². The number of fused-ring (bicyclic) bond motifs is 1. The standard InChI is InChI=1S/C23H30N4O3S2/c1-4-14-27-21-13-12-19(32(24,29)30)15-20(21)26-23(27)31-17(3)22(28)25-16(2)10-11-18-8-6-5-7-9-18/h5-9,12-13,15-17H,4,10-11,14H2,1-3H3,(H,25,28)(H2,24,29,30). The Balaban J connectivity index is 1.69. The van der Waals surface area contributed by atoms with E-state index >= 15 is 0 Å². The summed E-state index contributed by atoms with van der Waals surface area (Å²) in [6, 6.07) is 15.0. The Hall–Kier alpha value is -2.36. The third-order valence-electron chi connectivity index (χ3n) is 5.21. The number of imidazole rings is 1. The first-order valence-electron chi connectivity index (χ1n) is 10.7. The van der Waals surface area contributed by atoms with Crippen LogP contribution in [0.5, 0.6) is 0 Å². The minimum Gasteiger partial charge on any atom is -0.353 e. The fraction of sp³-hybridized carbons (Fsp3) is 0.391. The number of carbonyl (C=O) groups excluding carboxylic acids is 1. The van der Waals surface area contributed by atoms with Gasteiger partial charge in [0, 0.05) is 12.6 Å². The second-order valence-corrected chi connectivity index (χ2v) is 10.8. The van der Waals surface area contributed by atoms with E-state index in [-0.39, 0.29) is 22.1 Å². The predicted molar refractivity (Wildman–Crippen MR) is 129 cm³/mol. The van der Waals surface area contributed by atoms with E-state index in [2.05, 4.69) is 29.4 Å². The fourth-order valence-corrected chi connectivity index (χ4v) is 4.96. The Morgan fingerprint density at radius 3 is 2.56 bits per heavy atom. The van der Waals surface area contributed by atoms with Gasteiger partial charge < -0.3 is 9.88 Å². The number of hydrogen-bond donors (Lipinski definition) is 2. The maximum Gasteiger partial charge on any atom is 0.238 e. The summed E-state index contributed by atoms with van der Waals surface area (Å²) >= 11 is 1.37. The van der Waals surface area contributed by atoms with Crippen molar-refractivity contribution in [2.24, 2.45) is 5.14 Å². The molecule has 0 saturated carbocycles. The lowest BCUT2D eigenvalue weighted by atomic mass is 10.1. The van der Waals surface area contributed by atoms with Gasteiger partial charge in [-0.25, -0.2) is 18.5 Å². The summed E-state index contributed by atoms with van der Waals surface area (Å²) in [5.74, 6) is -0.0455. The minimum absolute atomic E-state index is 0.0285. The van der Waals surface area contributed by atoms with Gasteiger partial charge in [-0.05, 0) is 56.9 Å². The van der Waals surface area contributed by atoms with Crippen molar-refractivity contribution >= 4 is 38.7 Å². The fourth-order valence-electron chi connectivity index (χ4n) is 3.47. The molecule has 3 aromatic rings. The van der Waals surface area contributed by atoms with Gasteiger partial charge in [-0.2, -0.15) is 0 Å². The highest BCUT2D eigenvalue weighted by Crippen LogP contribution is 2.29. The van der Waals surface area contributed by atoms with E-state index in [4.69, 9.17) is 5.14 Å². The second-order valence-electron chi connectivity index (χ2n) is 7.94. The summed E-state index contributed by atoms with van der Waals surface area (Å²) in [5.41, 5.74) is 2.63. The quantitative estimate of drug-likeness (QED) is 0.436. The lowest BCUT2D eigenvalue weighted by molar-refractivity contribution is -0.120. The maximum absolute atomic E-state index is 12.8. The molecule has 2 unspecified atom stereocenters. The van der Waals surface area contributed by atoms with Crippen LogP contribution in [0.4, 0.5) is 0 Å². The number of carbonyl (C=O) groups is 1. The number of nitrogens with zero attached hydrogens (tertiary/aromatic N) is 2. The SMILES string of the molecule is CCCn1c(SC(C)C(=O)NC(C)CCc2ccccc2)nc2cc(S(N)(=O)=O)ccc21. The van der Waals surface area contributed by atoms with Crippen LogP contribution in [0.2, 0.25) is 0 Å². The lowest BCUT2D eigenvalue weighted by Crippen LogP contribution is -2.38. The predicted octanol–water partition coefficient (Wildman–Crippen LogP) is 3.71. The van der Waals surface area contributed by atoms with Gasteiger partial charge in [0.05, 0.1) is 21.2 Å². The van der Waals surface area contributed by atoms with E-state index in [1.807, 2.05) is 36.6 Å². The van der Waals surface area contributed by atoms with Crippen molar-refractivity contribution in [2.75, 3.05) is 0 Å². The first-order chi connectivity index (χ1) is 15.2. The van der Waals surface area contributed by atoms with Crippen molar-refractivity contribution in [1.82, 2.24) is 14.9 Å². The van der Waals surface area contributed by atoms with Crippen LogP contribution in [0.1, 0.15) is 39.2 Å². The molecule has 7 nitrogen and oxygen atoms in total. The molecule has 3 rings (SSSR count). The van der Waals surface area contributed by atoms with E-state index < -0.39 is 10.0 Å². The van der Waals surface area contributed by atoms with E-state index in [1.54, 1.807) is 6.07 Å². The van der Waals surface area contributed by atoms with Gasteiger partial charge in [0.25, 0.3) is 0 Å². The molecule has 2 aromatic carbocycles. The molecular weight excluding hydrogens is 444 g/mol. The van der Waals surface area contributed by atoms with E-state index in [0.29, 0.717) is 10.7 Å². The third-order valence-corrected chi connectivity index (χ3v) is 7.21. The van der Waals surface area contributed by atoms with Crippen LogP contribution in [-0.4, -0.2) is 35.2 Å².